The first-order valence-corrected chi connectivity index (χ1v) is 11.1. The zero-order valence-electron chi connectivity index (χ0n) is 18.4. The summed E-state index contributed by atoms with van der Waals surface area (Å²) in [5.74, 6) is -0.718. The number of amides is 2. The van der Waals surface area contributed by atoms with Gasteiger partial charge in [0, 0.05) is 49.2 Å². The van der Waals surface area contributed by atoms with Crippen LogP contribution < -0.4 is 16.0 Å². The topological polar surface area (TPSA) is 95.5 Å². The molecule has 3 rings (SSSR count). The summed E-state index contributed by atoms with van der Waals surface area (Å²) in [5, 5.41) is 9.15. The van der Waals surface area contributed by atoms with E-state index < -0.39 is 5.91 Å². The summed E-state index contributed by atoms with van der Waals surface area (Å²) in [6.07, 6.45) is 3.90. The van der Waals surface area contributed by atoms with Gasteiger partial charge in [-0.1, -0.05) is 29.3 Å². The molecule has 0 unspecified atom stereocenters. The second-order valence-electron chi connectivity index (χ2n) is 7.15. The number of hydrogen-bond acceptors (Lipinski definition) is 5. The number of benzene rings is 2. The van der Waals surface area contributed by atoms with Crippen LogP contribution in [-0.2, 0) is 0 Å². The number of aromatic nitrogens is 1. The van der Waals surface area contributed by atoms with Crippen LogP contribution >= 0.6 is 23.2 Å². The smallest absolute Gasteiger partial charge is 0.257 e. The number of halogens is 2. The highest BCUT2D eigenvalue weighted by Gasteiger charge is 2.15. The molecule has 0 spiro atoms. The largest absolute Gasteiger partial charge is 0.393 e. The van der Waals surface area contributed by atoms with E-state index in [9.17, 15) is 9.59 Å². The van der Waals surface area contributed by atoms with Crippen molar-refractivity contribution in [1.82, 2.24) is 15.6 Å². The Bertz CT molecular complexity index is 1230. The van der Waals surface area contributed by atoms with Crippen molar-refractivity contribution in [3.63, 3.8) is 0 Å². The van der Waals surface area contributed by atoms with Gasteiger partial charge >= 0.3 is 0 Å². The lowest BCUT2D eigenvalue weighted by Gasteiger charge is -2.11. The summed E-state index contributed by atoms with van der Waals surface area (Å²) in [6, 6.07) is 15.1. The molecule has 1 aromatic heterocycles. The number of carbonyl (C=O) groups excluding carboxylic acids is 2. The maximum atomic E-state index is 12.8. The highest BCUT2D eigenvalue weighted by Crippen LogP contribution is 2.29. The van der Waals surface area contributed by atoms with E-state index in [0.717, 1.165) is 5.70 Å². The van der Waals surface area contributed by atoms with Gasteiger partial charge in [-0.2, -0.15) is 0 Å². The molecule has 1 heterocycles. The van der Waals surface area contributed by atoms with E-state index in [-0.39, 0.29) is 16.5 Å². The zero-order valence-corrected chi connectivity index (χ0v) is 20.0. The standard InChI is InChI=1S/C25H23Cl2N5O2/c1-28-15-18(29-2)10-12-31-24(33)16-6-8-19(22(27)13-16)25(34)32-17-7-9-21(26)20(14-17)23-5-3-4-11-30-23/h3-9,11,13-15,28H,2,10,12H2,1H3,(H,31,33)(H,32,34)/b18-15-. The SMILES string of the molecule is C=N/C(=C\NC)CCNC(=O)c1ccc(C(=O)Nc2ccc(Cl)c(-c3ccccn3)c2)c(Cl)c1. The van der Waals surface area contributed by atoms with Crippen LogP contribution in [-0.4, -0.2) is 37.1 Å². The van der Waals surface area contributed by atoms with Crippen LogP contribution in [0.5, 0.6) is 0 Å². The average Bonchev–Trinajstić information content (AvgIpc) is 2.84. The van der Waals surface area contributed by atoms with Crippen LogP contribution in [0, 0.1) is 0 Å². The van der Waals surface area contributed by atoms with Crippen molar-refractivity contribution in [1.29, 1.82) is 0 Å². The number of nitrogens with one attached hydrogen (secondary N) is 3. The first-order valence-electron chi connectivity index (χ1n) is 10.4. The molecule has 174 valence electrons. The van der Waals surface area contributed by atoms with Gasteiger partial charge in [0.15, 0.2) is 0 Å². The molecule has 3 aromatic rings. The third-order valence-electron chi connectivity index (χ3n) is 4.82. The Labute approximate surface area is 207 Å². The minimum Gasteiger partial charge on any atom is -0.393 e. The summed E-state index contributed by atoms with van der Waals surface area (Å²) in [7, 11) is 1.76. The third kappa shape index (κ3) is 6.43. The lowest BCUT2D eigenvalue weighted by atomic mass is 10.1. The summed E-state index contributed by atoms with van der Waals surface area (Å²) < 4.78 is 0. The fourth-order valence-electron chi connectivity index (χ4n) is 3.13. The Morgan fingerprint density at radius 3 is 2.56 bits per heavy atom. The second-order valence-corrected chi connectivity index (χ2v) is 7.96. The van der Waals surface area contributed by atoms with Crippen LogP contribution in [0.1, 0.15) is 27.1 Å². The van der Waals surface area contributed by atoms with Crippen LogP contribution in [0.2, 0.25) is 10.0 Å². The maximum Gasteiger partial charge on any atom is 0.257 e. The number of hydrogen-bond donors (Lipinski definition) is 3. The van der Waals surface area contributed by atoms with Gasteiger partial charge in [-0.25, -0.2) is 0 Å². The number of aliphatic imine (C=N–C) groups is 1. The first kappa shape index (κ1) is 25.0. The third-order valence-corrected chi connectivity index (χ3v) is 5.46. The Morgan fingerprint density at radius 2 is 1.88 bits per heavy atom. The number of nitrogens with zero attached hydrogens (tertiary/aromatic N) is 2. The molecule has 9 heteroatoms. The van der Waals surface area contributed by atoms with Crippen molar-refractivity contribution in [3.8, 4) is 11.3 Å². The van der Waals surface area contributed by atoms with E-state index in [2.05, 4.69) is 32.6 Å². The molecule has 0 saturated heterocycles. The molecule has 0 radical (unpaired) electrons. The molecule has 0 aliphatic heterocycles. The number of carbonyl (C=O) groups is 2. The lowest BCUT2D eigenvalue weighted by molar-refractivity contribution is 0.0952. The molecule has 2 amide bonds. The van der Waals surface area contributed by atoms with Gasteiger partial charge in [-0.05, 0) is 55.2 Å². The molecule has 0 saturated carbocycles. The monoisotopic (exact) mass is 495 g/mol. The summed E-state index contributed by atoms with van der Waals surface area (Å²) in [6.45, 7) is 3.87. The predicted molar refractivity (Wildman–Crippen MR) is 138 cm³/mol. The fourth-order valence-corrected chi connectivity index (χ4v) is 3.61. The number of anilines is 1. The van der Waals surface area contributed by atoms with E-state index in [0.29, 0.717) is 40.5 Å². The Balaban J connectivity index is 1.68. The van der Waals surface area contributed by atoms with Gasteiger partial charge in [0.25, 0.3) is 11.8 Å². The minimum absolute atomic E-state index is 0.160. The molecule has 0 fully saturated rings. The first-order chi connectivity index (χ1) is 16.4. The normalized spacial score (nSPS) is 11.0. The van der Waals surface area contributed by atoms with E-state index in [1.165, 1.54) is 12.1 Å². The Morgan fingerprint density at radius 1 is 1.06 bits per heavy atom. The predicted octanol–water partition coefficient (Wildman–Crippen LogP) is 5.19. The van der Waals surface area contributed by atoms with Gasteiger partial charge in [-0.15, -0.1) is 0 Å². The fraction of sp³-hybridized carbons (Fsp3) is 0.120. The molecule has 0 bridgehead atoms. The molecule has 0 atom stereocenters. The van der Waals surface area contributed by atoms with Crippen molar-refractivity contribution in [2.24, 2.45) is 4.99 Å². The van der Waals surface area contributed by atoms with Crippen molar-refractivity contribution in [2.75, 3.05) is 18.9 Å². The summed E-state index contributed by atoms with van der Waals surface area (Å²) in [4.78, 5) is 33.4. The summed E-state index contributed by atoms with van der Waals surface area (Å²) in [5.41, 5.74) is 3.22. The molecule has 0 aliphatic carbocycles. The molecule has 3 N–H and O–H groups in total. The Kier molecular flexibility index (Phi) is 8.79. The molecule has 7 nitrogen and oxygen atoms in total. The summed E-state index contributed by atoms with van der Waals surface area (Å²) >= 11 is 12.6. The molecule has 2 aromatic carbocycles. The molecular formula is C25H23Cl2N5O2. The van der Waals surface area contributed by atoms with Crippen molar-refractivity contribution in [2.45, 2.75) is 6.42 Å². The quantitative estimate of drug-likeness (QED) is 0.356. The number of pyridine rings is 1. The maximum absolute atomic E-state index is 12.8. The van der Waals surface area contributed by atoms with Crippen LogP contribution in [0.25, 0.3) is 11.3 Å². The average molecular weight is 496 g/mol. The van der Waals surface area contributed by atoms with E-state index in [4.69, 9.17) is 23.2 Å². The van der Waals surface area contributed by atoms with Crippen LogP contribution in [0.15, 0.2) is 77.7 Å². The lowest BCUT2D eigenvalue weighted by Crippen LogP contribution is -2.25. The molecular weight excluding hydrogens is 473 g/mol. The van der Waals surface area contributed by atoms with Gasteiger partial charge in [0.05, 0.1) is 27.0 Å². The van der Waals surface area contributed by atoms with Crippen LogP contribution in [0.4, 0.5) is 5.69 Å². The van der Waals surface area contributed by atoms with E-state index >= 15 is 0 Å². The van der Waals surface area contributed by atoms with Gasteiger partial charge in [0.1, 0.15) is 0 Å². The van der Waals surface area contributed by atoms with Gasteiger partial charge in [-0.3, -0.25) is 19.6 Å². The highest BCUT2D eigenvalue weighted by molar-refractivity contribution is 6.35. The van der Waals surface area contributed by atoms with Gasteiger partial charge < -0.3 is 16.0 Å². The van der Waals surface area contributed by atoms with E-state index in [1.807, 2.05) is 18.2 Å². The minimum atomic E-state index is -0.412. The van der Waals surface area contributed by atoms with E-state index in [1.54, 1.807) is 43.7 Å². The highest BCUT2D eigenvalue weighted by atomic mass is 35.5. The van der Waals surface area contributed by atoms with Crippen LogP contribution in [0.3, 0.4) is 0 Å². The molecule has 34 heavy (non-hydrogen) atoms. The van der Waals surface area contributed by atoms with Crippen molar-refractivity contribution < 1.29 is 9.59 Å². The second kappa shape index (κ2) is 12.0. The van der Waals surface area contributed by atoms with Crippen molar-refractivity contribution >= 4 is 47.4 Å². The van der Waals surface area contributed by atoms with Crippen molar-refractivity contribution in [3.05, 3.63) is 93.9 Å². The molecule has 0 aliphatic rings. The Hall–Kier alpha value is -3.68. The van der Waals surface area contributed by atoms with Gasteiger partial charge in [0.2, 0.25) is 0 Å². The zero-order chi connectivity index (χ0) is 24.5. The number of rotatable bonds is 9.